The SMILES string of the molecule is O=C(O)c1cc(-c2ccc(CCC3(O)CC3)cc2)no1. The summed E-state index contributed by atoms with van der Waals surface area (Å²) in [5, 5.41) is 22.3. The molecule has 0 spiro atoms. The van der Waals surface area contributed by atoms with Crippen LogP contribution in [0.4, 0.5) is 0 Å². The minimum Gasteiger partial charge on any atom is -0.475 e. The van der Waals surface area contributed by atoms with Gasteiger partial charge in [0.15, 0.2) is 0 Å². The summed E-state index contributed by atoms with van der Waals surface area (Å²) < 4.78 is 4.73. The van der Waals surface area contributed by atoms with E-state index < -0.39 is 11.6 Å². The Hall–Kier alpha value is -2.14. The molecular formula is C15H15NO4. The molecule has 0 bridgehead atoms. The number of hydrogen-bond acceptors (Lipinski definition) is 4. The smallest absolute Gasteiger partial charge is 0.374 e. The third kappa shape index (κ3) is 2.72. The first-order valence-electron chi connectivity index (χ1n) is 6.57. The lowest BCUT2D eigenvalue weighted by atomic mass is 10.0. The van der Waals surface area contributed by atoms with Crippen LogP contribution in [0.2, 0.25) is 0 Å². The van der Waals surface area contributed by atoms with Crippen molar-refractivity contribution in [3.05, 3.63) is 41.7 Å². The third-order valence-electron chi connectivity index (χ3n) is 3.68. The highest BCUT2D eigenvalue weighted by atomic mass is 16.5. The molecule has 5 nitrogen and oxygen atoms in total. The number of rotatable bonds is 5. The Morgan fingerprint density at radius 3 is 2.55 bits per heavy atom. The number of nitrogens with zero attached hydrogens (tertiary/aromatic N) is 1. The van der Waals surface area contributed by atoms with E-state index in [0.29, 0.717) is 5.69 Å². The minimum absolute atomic E-state index is 0.167. The lowest BCUT2D eigenvalue weighted by Gasteiger charge is -2.07. The van der Waals surface area contributed by atoms with Crippen molar-refractivity contribution in [2.45, 2.75) is 31.3 Å². The lowest BCUT2D eigenvalue weighted by molar-refractivity contribution is 0.0652. The van der Waals surface area contributed by atoms with Crippen LogP contribution in [0.3, 0.4) is 0 Å². The highest BCUT2D eigenvalue weighted by Gasteiger charge is 2.39. The fraction of sp³-hybridized carbons (Fsp3) is 0.333. The number of hydrogen-bond donors (Lipinski definition) is 2. The molecule has 3 rings (SSSR count). The van der Waals surface area contributed by atoms with Crippen molar-refractivity contribution < 1.29 is 19.5 Å². The highest BCUT2D eigenvalue weighted by Crippen LogP contribution is 2.39. The van der Waals surface area contributed by atoms with Gasteiger partial charge in [0.05, 0.1) is 5.60 Å². The van der Waals surface area contributed by atoms with Crippen LogP contribution in [0, 0.1) is 0 Å². The molecule has 20 heavy (non-hydrogen) atoms. The zero-order valence-electron chi connectivity index (χ0n) is 10.9. The molecule has 0 atom stereocenters. The van der Waals surface area contributed by atoms with Crippen molar-refractivity contribution in [3.63, 3.8) is 0 Å². The first-order chi connectivity index (χ1) is 9.56. The normalized spacial score (nSPS) is 16.1. The molecule has 2 N–H and O–H groups in total. The Bertz CT molecular complexity index is 626. The quantitative estimate of drug-likeness (QED) is 0.874. The van der Waals surface area contributed by atoms with E-state index in [1.807, 2.05) is 24.3 Å². The summed E-state index contributed by atoms with van der Waals surface area (Å²) >= 11 is 0. The molecule has 0 unspecified atom stereocenters. The minimum atomic E-state index is -1.13. The fourth-order valence-corrected chi connectivity index (χ4v) is 2.13. The van der Waals surface area contributed by atoms with Crippen LogP contribution in [0.15, 0.2) is 34.9 Å². The maximum atomic E-state index is 10.7. The largest absolute Gasteiger partial charge is 0.475 e. The third-order valence-corrected chi connectivity index (χ3v) is 3.68. The Morgan fingerprint density at radius 2 is 2.00 bits per heavy atom. The van der Waals surface area contributed by atoms with Gasteiger partial charge < -0.3 is 14.7 Å². The number of carboxylic acids is 1. The fourth-order valence-electron chi connectivity index (χ4n) is 2.13. The van der Waals surface area contributed by atoms with E-state index in [0.717, 1.165) is 36.8 Å². The van der Waals surface area contributed by atoms with Gasteiger partial charge in [0.1, 0.15) is 5.69 Å². The predicted molar refractivity (Wildman–Crippen MR) is 71.4 cm³/mol. The van der Waals surface area contributed by atoms with Gasteiger partial charge in [0.2, 0.25) is 5.76 Å². The molecular weight excluding hydrogens is 258 g/mol. The Balaban J connectivity index is 1.69. The number of carbonyl (C=O) groups is 1. The van der Waals surface area contributed by atoms with E-state index in [4.69, 9.17) is 9.63 Å². The van der Waals surface area contributed by atoms with Crippen LogP contribution < -0.4 is 0 Å². The van der Waals surface area contributed by atoms with Crippen molar-refractivity contribution in [2.75, 3.05) is 0 Å². The van der Waals surface area contributed by atoms with Crippen LogP contribution in [0.5, 0.6) is 0 Å². The first-order valence-corrected chi connectivity index (χ1v) is 6.57. The summed E-state index contributed by atoms with van der Waals surface area (Å²) in [5.41, 5.74) is 2.04. The van der Waals surface area contributed by atoms with Crippen LogP contribution >= 0.6 is 0 Å². The van der Waals surface area contributed by atoms with Gasteiger partial charge in [0.25, 0.3) is 0 Å². The van der Waals surface area contributed by atoms with Crippen LogP contribution in [0.1, 0.15) is 35.4 Å². The molecule has 0 aliphatic heterocycles. The monoisotopic (exact) mass is 273 g/mol. The molecule has 2 aromatic rings. The molecule has 1 fully saturated rings. The molecule has 104 valence electrons. The number of aryl methyl sites for hydroxylation is 1. The summed E-state index contributed by atoms with van der Waals surface area (Å²) in [6.45, 7) is 0. The number of benzene rings is 1. The van der Waals surface area contributed by atoms with Crippen molar-refractivity contribution >= 4 is 5.97 Å². The summed E-state index contributed by atoms with van der Waals surface area (Å²) in [6, 6.07) is 9.11. The van der Waals surface area contributed by atoms with E-state index in [-0.39, 0.29) is 5.76 Å². The van der Waals surface area contributed by atoms with E-state index >= 15 is 0 Å². The van der Waals surface area contributed by atoms with Crippen molar-refractivity contribution in [1.29, 1.82) is 0 Å². The maximum absolute atomic E-state index is 10.7. The predicted octanol–water partition coefficient (Wildman–Crippen LogP) is 2.50. The van der Waals surface area contributed by atoms with Crippen LogP contribution in [-0.4, -0.2) is 26.9 Å². The van der Waals surface area contributed by atoms with Gasteiger partial charge in [0, 0.05) is 11.6 Å². The Morgan fingerprint density at radius 1 is 1.30 bits per heavy atom. The van der Waals surface area contributed by atoms with Gasteiger partial charge in [-0.1, -0.05) is 29.4 Å². The molecule has 1 heterocycles. The van der Waals surface area contributed by atoms with Crippen LogP contribution in [0.25, 0.3) is 11.3 Å². The second-order valence-electron chi connectivity index (χ2n) is 5.30. The molecule has 1 aromatic carbocycles. The molecule has 1 aromatic heterocycles. The topological polar surface area (TPSA) is 83.6 Å². The van der Waals surface area contributed by atoms with E-state index in [1.54, 1.807) is 0 Å². The van der Waals surface area contributed by atoms with Gasteiger partial charge in [-0.25, -0.2) is 4.79 Å². The summed E-state index contributed by atoms with van der Waals surface area (Å²) in [4.78, 5) is 10.7. The maximum Gasteiger partial charge on any atom is 0.374 e. The summed E-state index contributed by atoms with van der Waals surface area (Å²) in [7, 11) is 0. The van der Waals surface area contributed by atoms with E-state index in [1.165, 1.54) is 6.07 Å². The average Bonchev–Trinajstić information content (AvgIpc) is 2.99. The van der Waals surface area contributed by atoms with Crippen molar-refractivity contribution in [3.8, 4) is 11.3 Å². The molecule has 1 aliphatic carbocycles. The highest BCUT2D eigenvalue weighted by molar-refractivity contribution is 5.85. The average molecular weight is 273 g/mol. The number of carboxylic acid groups (broad SMARTS) is 1. The van der Waals surface area contributed by atoms with Gasteiger partial charge >= 0.3 is 5.97 Å². The number of aliphatic hydroxyl groups is 1. The van der Waals surface area contributed by atoms with Gasteiger partial charge in [-0.3, -0.25) is 0 Å². The van der Waals surface area contributed by atoms with Crippen molar-refractivity contribution in [2.24, 2.45) is 0 Å². The lowest BCUT2D eigenvalue weighted by Crippen LogP contribution is -2.07. The van der Waals surface area contributed by atoms with E-state index in [9.17, 15) is 9.90 Å². The van der Waals surface area contributed by atoms with Crippen LogP contribution in [-0.2, 0) is 6.42 Å². The molecule has 1 aliphatic rings. The number of aromatic carboxylic acids is 1. The molecule has 0 amide bonds. The Labute approximate surface area is 115 Å². The zero-order valence-corrected chi connectivity index (χ0v) is 10.9. The second kappa shape index (κ2) is 4.76. The molecule has 0 saturated heterocycles. The van der Waals surface area contributed by atoms with Gasteiger partial charge in [-0.15, -0.1) is 0 Å². The van der Waals surface area contributed by atoms with Crippen molar-refractivity contribution in [1.82, 2.24) is 5.16 Å². The standard InChI is InChI=1S/C15H15NO4/c17-14(18)13-9-12(16-20-13)11-3-1-10(2-4-11)5-6-15(19)7-8-15/h1-4,9,19H,5-8H2,(H,17,18). The molecule has 0 radical (unpaired) electrons. The first kappa shape index (κ1) is 12.9. The second-order valence-corrected chi connectivity index (χ2v) is 5.30. The zero-order chi connectivity index (χ0) is 14.2. The summed E-state index contributed by atoms with van der Waals surface area (Å²) in [6.07, 6.45) is 3.44. The summed E-state index contributed by atoms with van der Waals surface area (Å²) in [5.74, 6) is -1.29. The number of aromatic nitrogens is 1. The van der Waals surface area contributed by atoms with E-state index in [2.05, 4.69) is 5.16 Å². The van der Waals surface area contributed by atoms with Gasteiger partial charge in [-0.05, 0) is 31.2 Å². The molecule has 5 heteroatoms. The Kier molecular flexibility index (Phi) is 3.06. The molecule has 1 saturated carbocycles. The van der Waals surface area contributed by atoms with Gasteiger partial charge in [-0.2, -0.15) is 0 Å².